The van der Waals surface area contributed by atoms with Crippen LogP contribution in [0, 0.1) is 6.92 Å². The highest BCUT2D eigenvalue weighted by Crippen LogP contribution is 2.27. The normalized spacial score (nSPS) is 14.0. The molecule has 186 valence electrons. The molecule has 0 spiro atoms. The van der Waals surface area contributed by atoms with Gasteiger partial charge in [-0.05, 0) is 37.3 Å². The molecular formula is C29H27N5O2S. The minimum absolute atomic E-state index is 0.0569. The Balaban J connectivity index is 1.28. The summed E-state index contributed by atoms with van der Waals surface area (Å²) in [5.74, 6) is 0.277. The number of rotatable bonds is 5. The van der Waals surface area contributed by atoms with Gasteiger partial charge in [0.05, 0.1) is 11.4 Å². The number of nitrogens with zero attached hydrogens (tertiary/aromatic N) is 4. The van der Waals surface area contributed by atoms with Crippen LogP contribution in [0.25, 0.3) is 27.6 Å². The van der Waals surface area contributed by atoms with Gasteiger partial charge in [-0.3, -0.25) is 14.2 Å². The SMILES string of the molecule is Cc1ccc(-n2c(SCC(=O)N3CCN(c4ccccc4)CC3)nc3c([nH]c4ccccc43)c2=O)cc1. The second kappa shape index (κ2) is 9.78. The smallest absolute Gasteiger partial charge is 0.283 e. The van der Waals surface area contributed by atoms with Crippen LogP contribution in [0.15, 0.2) is 88.8 Å². The number of carbonyl (C=O) groups excluding carboxylic acids is 1. The summed E-state index contributed by atoms with van der Waals surface area (Å²) in [7, 11) is 0. The number of anilines is 1. The molecule has 8 heteroatoms. The zero-order valence-corrected chi connectivity index (χ0v) is 21.4. The Labute approximate surface area is 218 Å². The highest BCUT2D eigenvalue weighted by Gasteiger charge is 2.23. The van der Waals surface area contributed by atoms with E-state index < -0.39 is 0 Å². The Hall–Kier alpha value is -4.04. The maximum absolute atomic E-state index is 13.7. The molecule has 0 saturated carbocycles. The fourth-order valence-corrected chi connectivity index (χ4v) is 5.74. The topological polar surface area (TPSA) is 74.2 Å². The molecule has 1 amide bonds. The van der Waals surface area contributed by atoms with E-state index in [0.29, 0.717) is 29.3 Å². The van der Waals surface area contributed by atoms with Gasteiger partial charge in [-0.25, -0.2) is 4.98 Å². The van der Waals surface area contributed by atoms with E-state index in [9.17, 15) is 9.59 Å². The molecule has 2 aromatic heterocycles. The Kier molecular flexibility index (Phi) is 6.18. The summed E-state index contributed by atoms with van der Waals surface area (Å²) < 4.78 is 1.61. The monoisotopic (exact) mass is 509 g/mol. The van der Waals surface area contributed by atoms with Crippen LogP contribution in [-0.4, -0.2) is 57.3 Å². The van der Waals surface area contributed by atoms with Gasteiger partial charge in [0.15, 0.2) is 5.16 Å². The van der Waals surface area contributed by atoms with Crippen molar-refractivity contribution in [1.29, 1.82) is 0 Å². The Morgan fingerprint density at radius 1 is 0.892 bits per heavy atom. The molecule has 0 aliphatic carbocycles. The van der Waals surface area contributed by atoms with E-state index in [1.54, 1.807) is 4.57 Å². The molecule has 1 aliphatic heterocycles. The number of benzene rings is 3. The van der Waals surface area contributed by atoms with Gasteiger partial charge in [0.1, 0.15) is 11.0 Å². The lowest BCUT2D eigenvalue weighted by Crippen LogP contribution is -2.49. The molecule has 7 nitrogen and oxygen atoms in total. The molecule has 0 unspecified atom stereocenters. The van der Waals surface area contributed by atoms with E-state index in [2.05, 4.69) is 22.0 Å². The number of aryl methyl sites for hydroxylation is 1. The van der Waals surface area contributed by atoms with E-state index in [1.165, 1.54) is 17.4 Å². The Morgan fingerprint density at radius 2 is 1.59 bits per heavy atom. The molecule has 1 aliphatic rings. The number of amides is 1. The quantitative estimate of drug-likeness (QED) is 0.277. The number of H-pyrrole nitrogens is 1. The van der Waals surface area contributed by atoms with Gasteiger partial charge in [-0.1, -0.05) is 65.9 Å². The molecule has 3 aromatic carbocycles. The maximum Gasteiger partial charge on any atom is 0.283 e. The Morgan fingerprint density at radius 3 is 2.35 bits per heavy atom. The molecule has 0 bridgehead atoms. The molecule has 5 aromatic rings. The molecule has 3 heterocycles. The first-order valence-electron chi connectivity index (χ1n) is 12.4. The van der Waals surface area contributed by atoms with Gasteiger partial charge in [-0.15, -0.1) is 0 Å². The number of carbonyl (C=O) groups is 1. The van der Waals surface area contributed by atoms with Gasteiger partial charge in [0, 0.05) is 42.8 Å². The van der Waals surface area contributed by atoms with E-state index in [0.717, 1.165) is 35.2 Å². The van der Waals surface area contributed by atoms with Gasteiger partial charge < -0.3 is 14.8 Å². The maximum atomic E-state index is 13.7. The predicted octanol–water partition coefficient (Wildman–Crippen LogP) is 4.62. The number of hydrogen-bond donors (Lipinski definition) is 1. The van der Waals surface area contributed by atoms with Gasteiger partial charge in [0.2, 0.25) is 5.91 Å². The first kappa shape index (κ1) is 23.4. The summed E-state index contributed by atoms with van der Waals surface area (Å²) in [6.45, 7) is 4.96. The predicted molar refractivity (Wildman–Crippen MR) is 150 cm³/mol. The number of aromatic nitrogens is 3. The van der Waals surface area contributed by atoms with E-state index >= 15 is 0 Å². The fourth-order valence-electron chi connectivity index (χ4n) is 4.83. The number of thioether (sulfide) groups is 1. The summed E-state index contributed by atoms with van der Waals surface area (Å²) in [5, 5.41) is 1.42. The molecule has 1 fully saturated rings. The molecule has 6 rings (SSSR count). The van der Waals surface area contributed by atoms with E-state index in [1.807, 2.05) is 78.6 Å². The van der Waals surface area contributed by atoms with Crippen molar-refractivity contribution in [3.8, 4) is 5.69 Å². The van der Waals surface area contributed by atoms with Gasteiger partial charge in [-0.2, -0.15) is 0 Å². The molecule has 1 saturated heterocycles. The average Bonchev–Trinajstić information content (AvgIpc) is 3.32. The van der Waals surface area contributed by atoms with Crippen molar-refractivity contribution in [1.82, 2.24) is 19.4 Å². The van der Waals surface area contributed by atoms with Gasteiger partial charge in [0.25, 0.3) is 5.56 Å². The summed E-state index contributed by atoms with van der Waals surface area (Å²) in [6.07, 6.45) is 0. The minimum Gasteiger partial charge on any atom is -0.368 e. The summed E-state index contributed by atoms with van der Waals surface area (Å²) in [6, 6.07) is 25.8. The van der Waals surface area contributed by atoms with Crippen LogP contribution in [0.3, 0.4) is 0 Å². The third-order valence-electron chi connectivity index (χ3n) is 6.86. The summed E-state index contributed by atoms with van der Waals surface area (Å²) in [5.41, 5.74) is 4.82. The van der Waals surface area contributed by atoms with E-state index in [-0.39, 0.29) is 17.2 Å². The van der Waals surface area contributed by atoms with Crippen molar-refractivity contribution in [2.24, 2.45) is 0 Å². The van der Waals surface area contributed by atoms with Crippen molar-refractivity contribution < 1.29 is 4.79 Å². The lowest BCUT2D eigenvalue weighted by atomic mass is 10.2. The van der Waals surface area contributed by atoms with Crippen LogP contribution < -0.4 is 10.5 Å². The van der Waals surface area contributed by atoms with Crippen LogP contribution in [0.1, 0.15) is 5.56 Å². The Bertz CT molecular complexity index is 1630. The number of fused-ring (bicyclic) bond motifs is 3. The third kappa shape index (κ3) is 4.49. The first-order valence-corrected chi connectivity index (χ1v) is 13.4. The third-order valence-corrected chi connectivity index (χ3v) is 7.79. The average molecular weight is 510 g/mol. The fraction of sp³-hybridized carbons (Fsp3) is 0.207. The molecule has 0 radical (unpaired) electrons. The molecule has 1 N–H and O–H groups in total. The summed E-state index contributed by atoms with van der Waals surface area (Å²) in [4.78, 5) is 39.2. The zero-order chi connectivity index (χ0) is 25.4. The highest BCUT2D eigenvalue weighted by atomic mass is 32.2. The zero-order valence-electron chi connectivity index (χ0n) is 20.6. The summed E-state index contributed by atoms with van der Waals surface area (Å²) >= 11 is 1.32. The molecule has 0 atom stereocenters. The van der Waals surface area contributed by atoms with Crippen LogP contribution in [0.5, 0.6) is 0 Å². The van der Waals surface area contributed by atoms with Crippen LogP contribution in [-0.2, 0) is 4.79 Å². The van der Waals surface area contributed by atoms with Gasteiger partial charge >= 0.3 is 0 Å². The number of nitrogens with one attached hydrogen (secondary N) is 1. The minimum atomic E-state index is -0.170. The lowest BCUT2D eigenvalue weighted by Gasteiger charge is -2.36. The van der Waals surface area contributed by atoms with E-state index in [4.69, 9.17) is 4.98 Å². The number of para-hydroxylation sites is 2. The second-order valence-corrected chi connectivity index (χ2v) is 10.2. The lowest BCUT2D eigenvalue weighted by molar-refractivity contribution is -0.128. The van der Waals surface area contributed by atoms with Crippen molar-refractivity contribution in [2.45, 2.75) is 12.1 Å². The van der Waals surface area contributed by atoms with Crippen molar-refractivity contribution in [3.05, 3.63) is 94.8 Å². The number of aromatic amines is 1. The van der Waals surface area contributed by atoms with Crippen LogP contribution in [0.4, 0.5) is 5.69 Å². The highest BCUT2D eigenvalue weighted by molar-refractivity contribution is 7.99. The van der Waals surface area contributed by atoms with Crippen molar-refractivity contribution >= 4 is 45.3 Å². The van der Waals surface area contributed by atoms with Crippen molar-refractivity contribution in [2.75, 3.05) is 36.8 Å². The first-order chi connectivity index (χ1) is 18.1. The molecular weight excluding hydrogens is 482 g/mol. The standard InChI is InChI=1S/C29H27N5O2S/c1-20-11-13-22(14-12-20)34-28(36)27-26(23-9-5-6-10-24(23)30-27)31-29(34)37-19-25(35)33-17-15-32(16-18-33)21-7-3-2-4-8-21/h2-14,30H,15-19H2,1H3. The van der Waals surface area contributed by atoms with Crippen LogP contribution >= 0.6 is 11.8 Å². The number of hydrogen-bond acceptors (Lipinski definition) is 5. The van der Waals surface area contributed by atoms with Crippen LogP contribution in [0.2, 0.25) is 0 Å². The van der Waals surface area contributed by atoms with Crippen molar-refractivity contribution in [3.63, 3.8) is 0 Å². The number of piperazine rings is 1. The largest absolute Gasteiger partial charge is 0.368 e. The second-order valence-electron chi connectivity index (χ2n) is 9.26. The molecule has 37 heavy (non-hydrogen) atoms.